The SMILES string of the molecule is COc1cc2c(Oc3cc(C(=O)Nc4cc(-n5cnc(C)c5)cc(C(F)(F)F)c4)ccc3C)ncnc2cc1Cl. The number of ether oxygens (including phenoxy) is 2. The van der Waals surface area contributed by atoms with Gasteiger partial charge in [-0.15, -0.1) is 0 Å². The molecular weight excluding hydrogens is 547 g/mol. The number of hydrogen-bond acceptors (Lipinski definition) is 6. The Hall–Kier alpha value is -4.64. The van der Waals surface area contributed by atoms with Crippen molar-refractivity contribution in [2.75, 3.05) is 12.4 Å². The summed E-state index contributed by atoms with van der Waals surface area (Å²) in [6.07, 6.45) is -0.312. The van der Waals surface area contributed by atoms with Crippen LogP contribution in [0.1, 0.15) is 27.2 Å². The number of methoxy groups -OCH3 is 1. The lowest BCUT2D eigenvalue weighted by Crippen LogP contribution is -2.14. The molecule has 5 aromatic rings. The number of nitrogens with one attached hydrogen (secondary N) is 1. The molecule has 0 aliphatic heterocycles. The minimum atomic E-state index is -4.62. The van der Waals surface area contributed by atoms with E-state index < -0.39 is 17.6 Å². The maximum absolute atomic E-state index is 13.6. The predicted octanol–water partition coefficient (Wildman–Crippen LogP) is 7.16. The fourth-order valence-electron chi connectivity index (χ4n) is 3.99. The van der Waals surface area contributed by atoms with Crippen LogP contribution in [0.25, 0.3) is 16.6 Å². The molecule has 8 nitrogen and oxygen atoms in total. The minimum Gasteiger partial charge on any atom is -0.495 e. The van der Waals surface area contributed by atoms with Crippen molar-refractivity contribution in [2.45, 2.75) is 20.0 Å². The van der Waals surface area contributed by atoms with E-state index in [0.29, 0.717) is 38.7 Å². The van der Waals surface area contributed by atoms with Crippen LogP contribution in [0.15, 0.2) is 67.4 Å². The minimum absolute atomic E-state index is 0.0324. The maximum Gasteiger partial charge on any atom is 0.416 e. The van der Waals surface area contributed by atoms with Gasteiger partial charge in [0.25, 0.3) is 5.91 Å². The van der Waals surface area contributed by atoms with E-state index in [0.717, 1.165) is 12.1 Å². The smallest absolute Gasteiger partial charge is 0.416 e. The molecule has 0 saturated heterocycles. The van der Waals surface area contributed by atoms with E-state index in [1.54, 1.807) is 44.3 Å². The Bertz CT molecular complexity index is 1750. The third kappa shape index (κ3) is 5.55. The third-order valence-corrected chi connectivity index (χ3v) is 6.34. The Morgan fingerprint density at radius 1 is 1.00 bits per heavy atom. The van der Waals surface area contributed by atoms with Gasteiger partial charge in [-0.1, -0.05) is 17.7 Å². The molecule has 0 aliphatic rings. The number of aromatic nitrogens is 4. The normalized spacial score (nSPS) is 11.5. The molecule has 204 valence electrons. The van der Waals surface area contributed by atoms with E-state index in [1.165, 1.54) is 36.5 Å². The summed E-state index contributed by atoms with van der Waals surface area (Å²) in [5.74, 6) is 0.307. The van der Waals surface area contributed by atoms with E-state index in [4.69, 9.17) is 21.1 Å². The quantitative estimate of drug-likeness (QED) is 0.234. The largest absolute Gasteiger partial charge is 0.495 e. The van der Waals surface area contributed by atoms with Crippen molar-refractivity contribution < 1.29 is 27.4 Å². The zero-order valence-electron chi connectivity index (χ0n) is 21.4. The average Bonchev–Trinajstić information content (AvgIpc) is 3.35. The number of alkyl halides is 3. The number of benzene rings is 3. The number of carbonyl (C=O) groups excluding carboxylic acids is 1. The number of imidazole rings is 1. The lowest BCUT2D eigenvalue weighted by atomic mass is 10.1. The molecule has 5 rings (SSSR count). The topological polar surface area (TPSA) is 91.2 Å². The van der Waals surface area contributed by atoms with Crippen LogP contribution in [-0.2, 0) is 6.18 Å². The second-order valence-electron chi connectivity index (χ2n) is 8.91. The first kappa shape index (κ1) is 26.9. The molecule has 40 heavy (non-hydrogen) atoms. The van der Waals surface area contributed by atoms with Crippen LogP contribution in [0.4, 0.5) is 18.9 Å². The summed E-state index contributed by atoms with van der Waals surface area (Å²) in [5.41, 5.74) is 1.27. The molecule has 0 spiro atoms. The van der Waals surface area contributed by atoms with Crippen LogP contribution in [0.2, 0.25) is 5.02 Å². The number of halogens is 4. The molecule has 0 fully saturated rings. The number of hydrogen-bond donors (Lipinski definition) is 1. The van der Waals surface area contributed by atoms with E-state index in [9.17, 15) is 18.0 Å². The van der Waals surface area contributed by atoms with Gasteiger partial charge < -0.3 is 19.4 Å². The first-order valence-electron chi connectivity index (χ1n) is 11.8. The van der Waals surface area contributed by atoms with Gasteiger partial charge in [-0.25, -0.2) is 15.0 Å². The van der Waals surface area contributed by atoms with Gasteiger partial charge in [-0.3, -0.25) is 4.79 Å². The highest BCUT2D eigenvalue weighted by molar-refractivity contribution is 6.32. The van der Waals surface area contributed by atoms with Crippen molar-refractivity contribution in [2.24, 2.45) is 0 Å². The Balaban J connectivity index is 1.46. The molecule has 0 atom stereocenters. The van der Waals surface area contributed by atoms with Crippen LogP contribution < -0.4 is 14.8 Å². The molecule has 0 bridgehead atoms. The summed E-state index contributed by atoms with van der Waals surface area (Å²) in [4.78, 5) is 25.6. The maximum atomic E-state index is 13.6. The zero-order chi connectivity index (χ0) is 28.6. The molecule has 3 aromatic carbocycles. The summed E-state index contributed by atoms with van der Waals surface area (Å²) >= 11 is 6.21. The summed E-state index contributed by atoms with van der Waals surface area (Å²) in [6, 6.07) is 11.3. The van der Waals surface area contributed by atoms with Gasteiger partial charge in [0.2, 0.25) is 5.88 Å². The fourth-order valence-corrected chi connectivity index (χ4v) is 4.22. The molecule has 0 aliphatic carbocycles. The van der Waals surface area contributed by atoms with Gasteiger partial charge in [0.15, 0.2) is 0 Å². The van der Waals surface area contributed by atoms with Gasteiger partial charge in [-0.05, 0) is 61.9 Å². The molecule has 2 aromatic heterocycles. The number of rotatable bonds is 6. The summed E-state index contributed by atoms with van der Waals surface area (Å²) in [6.45, 7) is 3.50. The number of carbonyl (C=O) groups is 1. The van der Waals surface area contributed by atoms with Crippen LogP contribution in [0, 0.1) is 13.8 Å². The number of fused-ring (bicyclic) bond motifs is 1. The Morgan fingerprint density at radius 2 is 1.80 bits per heavy atom. The highest BCUT2D eigenvalue weighted by Gasteiger charge is 2.31. The molecule has 0 unspecified atom stereocenters. The fraction of sp³-hybridized carbons (Fsp3) is 0.143. The van der Waals surface area contributed by atoms with Crippen molar-refractivity contribution in [1.82, 2.24) is 19.5 Å². The van der Waals surface area contributed by atoms with Crippen LogP contribution in [-0.4, -0.2) is 32.5 Å². The van der Waals surface area contributed by atoms with Gasteiger partial charge in [-0.2, -0.15) is 13.2 Å². The van der Waals surface area contributed by atoms with E-state index in [1.807, 2.05) is 0 Å². The summed E-state index contributed by atoms with van der Waals surface area (Å²) in [7, 11) is 1.48. The van der Waals surface area contributed by atoms with Gasteiger partial charge in [0.05, 0.1) is 40.6 Å². The number of anilines is 1. The highest BCUT2D eigenvalue weighted by atomic mass is 35.5. The molecule has 1 N–H and O–H groups in total. The molecule has 2 heterocycles. The molecule has 0 saturated carbocycles. The molecular formula is C28H21ClF3N5O3. The second-order valence-corrected chi connectivity index (χ2v) is 9.32. The van der Waals surface area contributed by atoms with Crippen molar-refractivity contribution in [3.05, 3.63) is 94.8 Å². The average molecular weight is 568 g/mol. The number of aryl methyl sites for hydroxylation is 2. The standard InChI is InChI=1S/C28H21ClF3N5O3/c1-15-4-5-17(6-24(15)40-27-21-10-25(39-3)22(29)11-23(21)33-13-34-27)26(38)36-19-7-18(28(30,31)32)8-20(9-19)37-12-16(2)35-14-37/h4-14H,1-3H3,(H,36,38). The lowest BCUT2D eigenvalue weighted by molar-refractivity contribution is -0.137. The molecule has 1 amide bonds. The van der Waals surface area contributed by atoms with Crippen molar-refractivity contribution in [1.29, 1.82) is 0 Å². The predicted molar refractivity (Wildman–Crippen MR) is 144 cm³/mol. The Kier molecular flexibility index (Phi) is 7.07. The number of nitrogens with zero attached hydrogens (tertiary/aromatic N) is 4. The molecule has 0 radical (unpaired) electrons. The van der Waals surface area contributed by atoms with E-state index in [2.05, 4.69) is 20.3 Å². The van der Waals surface area contributed by atoms with Gasteiger partial charge in [0, 0.05) is 23.1 Å². The Morgan fingerprint density at radius 3 is 2.50 bits per heavy atom. The lowest BCUT2D eigenvalue weighted by Gasteiger charge is -2.15. The summed E-state index contributed by atoms with van der Waals surface area (Å²) < 4.78 is 53.7. The van der Waals surface area contributed by atoms with Gasteiger partial charge in [0.1, 0.15) is 17.8 Å². The highest BCUT2D eigenvalue weighted by Crippen LogP contribution is 2.36. The van der Waals surface area contributed by atoms with Crippen molar-refractivity contribution in [3.8, 4) is 23.1 Å². The van der Waals surface area contributed by atoms with Crippen molar-refractivity contribution >= 4 is 34.1 Å². The monoisotopic (exact) mass is 567 g/mol. The van der Waals surface area contributed by atoms with Gasteiger partial charge >= 0.3 is 6.18 Å². The number of amides is 1. The van der Waals surface area contributed by atoms with Crippen LogP contribution >= 0.6 is 11.6 Å². The second kappa shape index (κ2) is 10.5. The van der Waals surface area contributed by atoms with Crippen molar-refractivity contribution in [3.63, 3.8) is 0 Å². The summed E-state index contributed by atoms with van der Waals surface area (Å²) in [5, 5.41) is 3.47. The van der Waals surface area contributed by atoms with Crippen LogP contribution in [0.5, 0.6) is 17.4 Å². The van der Waals surface area contributed by atoms with E-state index in [-0.39, 0.29) is 22.8 Å². The first-order chi connectivity index (χ1) is 19.0. The van der Waals surface area contributed by atoms with E-state index >= 15 is 0 Å². The third-order valence-electron chi connectivity index (χ3n) is 6.04. The Labute approximate surface area is 231 Å². The zero-order valence-corrected chi connectivity index (χ0v) is 22.1. The molecule has 12 heteroatoms. The van der Waals surface area contributed by atoms with Crippen LogP contribution in [0.3, 0.4) is 0 Å². The first-order valence-corrected chi connectivity index (χ1v) is 12.2.